The molecule has 0 unspecified atom stereocenters. The molecule has 9 rings (SSSR count). The molecule has 0 radical (unpaired) electrons. The summed E-state index contributed by atoms with van der Waals surface area (Å²) < 4.78 is 39.7. The van der Waals surface area contributed by atoms with Gasteiger partial charge in [-0.1, -0.05) is 43.3 Å². The molecule has 0 aliphatic rings. The van der Waals surface area contributed by atoms with Gasteiger partial charge in [0.05, 0.1) is 56.3 Å². The summed E-state index contributed by atoms with van der Waals surface area (Å²) in [6.07, 6.45) is 0.533. The van der Waals surface area contributed by atoms with Gasteiger partial charge in [0.1, 0.15) is 19.8 Å². The maximum atomic E-state index is 13.2. The van der Waals surface area contributed by atoms with E-state index in [1.165, 1.54) is 34.0 Å². The van der Waals surface area contributed by atoms with Gasteiger partial charge in [0.15, 0.2) is 16.3 Å². The summed E-state index contributed by atoms with van der Waals surface area (Å²) in [6, 6.07) is 36.9. The minimum absolute atomic E-state index is 0.0521. The van der Waals surface area contributed by atoms with Crippen LogP contribution in [0.4, 0.5) is 0 Å². The molecular formula is C54H44O12S3. The first-order valence-corrected chi connectivity index (χ1v) is 24.7. The second-order valence-corrected chi connectivity index (χ2v) is 19.6. The van der Waals surface area contributed by atoms with Gasteiger partial charge < -0.3 is 28.4 Å². The van der Waals surface area contributed by atoms with Gasteiger partial charge in [-0.2, -0.15) is 0 Å². The molecule has 6 aromatic carbocycles. The number of carbonyl (C=O) groups is 3. The van der Waals surface area contributed by atoms with E-state index >= 15 is 0 Å². The van der Waals surface area contributed by atoms with E-state index in [4.69, 9.17) is 28.4 Å². The maximum Gasteiger partial charge on any atom is 0.338 e. The van der Waals surface area contributed by atoms with E-state index in [9.17, 15) is 28.8 Å². The Morgan fingerprint density at radius 3 is 0.986 bits per heavy atom. The maximum absolute atomic E-state index is 13.2. The summed E-state index contributed by atoms with van der Waals surface area (Å²) in [4.78, 5) is 78.9. The summed E-state index contributed by atoms with van der Waals surface area (Å²) in [5.41, 5.74) is -0.403. The van der Waals surface area contributed by atoms with Gasteiger partial charge >= 0.3 is 17.9 Å². The minimum Gasteiger partial charge on any atom is -0.460 e. The van der Waals surface area contributed by atoms with Crippen molar-refractivity contribution in [2.75, 3.05) is 59.5 Å². The molecule has 3 aromatic heterocycles. The van der Waals surface area contributed by atoms with Gasteiger partial charge in [-0.25, -0.2) is 14.4 Å². The molecule has 0 spiro atoms. The Bertz CT molecular complexity index is 3230. The van der Waals surface area contributed by atoms with E-state index < -0.39 is 23.3 Å². The third-order valence-electron chi connectivity index (χ3n) is 11.8. The molecule has 350 valence electrons. The highest BCUT2D eigenvalue weighted by atomic mass is 32.1. The topological polar surface area (TPSA) is 158 Å². The largest absolute Gasteiger partial charge is 0.460 e. The molecule has 0 fully saturated rings. The zero-order valence-corrected chi connectivity index (χ0v) is 39.8. The molecule has 3 heterocycles. The van der Waals surface area contributed by atoms with Crippen molar-refractivity contribution in [2.45, 2.75) is 13.3 Å². The predicted molar refractivity (Wildman–Crippen MR) is 273 cm³/mol. The smallest absolute Gasteiger partial charge is 0.338 e. The van der Waals surface area contributed by atoms with Crippen molar-refractivity contribution < 1.29 is 42.8 Å². The van der Waals surface area contributed by atoms with Crippen LogP contribution in [0.2, 0.25) is 0 Å². The molecule has 15 heteroatoms. The number of benzene rings is 6. The average Bonchev–Trinajstić information content (AvgIpc) is 3.38. The molecule has 0 saturated heterocycles. The van der Waals surface area contributed by atoms with Gasteiger partial charge in [0, 0.05) is 65.9 Å². The number of ether oxygens (including phenoxy) is 6. The van der Waals surface area contributed by atoms with Crippen molar-refractivity contribution in [2.24, 2.45) is 5.41 Å². The van der Waals surface area contributed by atoms with Crippen LogP contribution in [0, 0.1) is 5.41 Å². The Hall–Kier alpha value is -6.72. The Morgan fingerprint density at radius 2 is 0.681 bits per heavy atom. The SMILES string of the molecule is CCC(COCCOC(=O)c1ccc2sc3ccccc3c(=O)c2c1)(COCCOC(=O)c1ccc2sc3ccccc3c(=O)c2c1)COCCOC(=O)c1ccc2sc3ccccc3c(=O)c2c1. The van der Waals surface area contributed by atoms with Crippen molar-refractivity contribution in [1.29, 1.82) is 0 Å². The molecule has 0 N–H and O–H groups in total. The van der Waals surface area contributed by atoms with Crippen molar-refractivity contribution in [3.63, 3.8) is 0 Å². The summed E-state index contributed by atoms with van der Waals surface area (Å²) in [6.45, 7) is 2.34. The van der Waals surface area contributed by atoms with Crippen LogP contribution >= 0.6 is 34.0 Å². The van der Waals surface area contributed by atoms with Gasteiger partial charge in [-0.05, 0) is 97.4 Å². The van der Waals surface area contributed by atoms with Crippen LogP contribution in [0.15, 0.2) is 142 Å². The number of rotatable bonds is 19. The van der Waals surface area contributed by atoms with Crippen molar-refractivity contribution in [3.05, 3.63) is 175 Å². The first kappa shape index (κ1) is 47.4. The van der Waals surface area contributed by atoms with E-state index in [1.807, 2.05) is 61.5 Å². The second kappa shape index (κ2) is 21.3. The molecule has 0 saturated carbocycles. The zero-order valence-electron chi connectivity index (χ0n) is 37.3. The molecule has 9 aromatic rings. The third kappa shape index (κ3) is 10.5. The highest BCUT2D eigenvalue weighted by molar-refractivity contribution is 7.25. The fourth-order valence-corrected chi connectivity index (χ4v) is 11.1. The van der Waals surface area contributed by atoms with Crippen LogP contribution in [-0.2, 0) is 28.4 Å². The molecule has 69 heavy (non-hydrogen) atoms. The van der Waals surface area contributed by atoms with Crippen molar-refractivity contribution >= 4 is 112 Å². The van der Waals surface area contributed by atoms with Gasteiger partial charge in [-0.15, -0.1) is 34.0 Å². The average molecular weight is 981 g/mol. The van der Waals surface area contributed by atoms with Gasteiger partial charge in [0.25, 0.3) is 0 Å². The number of hydrogen-bond donors (Lipinski definition) is 0. The Kier molecular flexibility index (Phi) is 14.6. The van der Waals surface area contributed by atoms with E-state index in [0.717, 1.165) is 28.2 Å². The summed E-state index contributed by atoms with van der Waals surface area (Å²) >= 11 is 4.43. The standard InChI is InChI=1S/C54H44O12S3/c1-2-54(30-61-21-24-64-51(58)33-15-18-45-39(27-33)48(55)36-9-3-6-12-42(36)67-45,31-62-22-25-65-52(59)34-16-19-46-40(28-34)49(56)37-10-4-7-13-43(37)68-46)32-63-23-26-66-53(60)35-17-20-47-41(29-35)50(57)38-11-5-8-14-44(38)69-47/h3-20,27-29H,2,21-26,30-32H2,1H3. The van der Waals surface area contributed by atoms with Crippen LogP contribution in [0.1, 0.15) is 44.4 Å². The lowest BCUT2D eigenvalue weighted by Gasteiger charge is -2.32. The summed E-state index contributed by atoms with van der Waals surface area (Å²) in [5.74, 6) is -1.77. The highest BCUT2D eigenvalue weighted by Crippen LogP contribution is 2.29. The molecule has 12 nitrogen and oxygen atoms in total. The van der Waals surface area contributed by atoms with Gasteiger partial charge in [0.2, 0.25) is 0 Å². The molecule has 0 bridgehead atoms. The molecule has 0 aliphatic heterocycles. The summed E-state index contributed by atoms with van der Waals surface area (Å²) in [5, 5.41) is 3.12. The second-order valence-electron chi connectivity index (χ2n) is 16.3. The monoisotopic (exact) mass is 980 g/mol. The molecule has 0 amide bonds. The van der Waals surface area contributed by atoms with Crippen molar-refractivity contribution in [3.8, 4) is 0 Å². The van der Waals surface area contributed by atoms with Crippen LogP contribution in [0.3, 0.4) is 0 Å². The zero-order chi connectivity index (χ0) is 47.9. The number of carbonyl (C=O) groups excluding carboxylic acids is 3. The number of hydrogen-bond acceptors (Lipinski definition) is 15. The predicted octanol–water partition coefficient (Wildman–Crippen LogP) is 10.2. The fourth-order valence-electron chi connectivity index (χ4n) is 7.92. The van der Waals surface area contributed by atoms with E-state index in [0.29, 0.717) is 38.7 Å². The van der Waals surface area contributed by atoms with Crippen molar-refractivity contribution in [1.82, 2.24) is 0 Å². The third-order valence-corrected chi connectivity index (χ3v) is 15.2. The Balaban J connectivity index is 0.798. The van der Waals surface area contributed by atoms with E-state index in [-0.39, 0.29) is 92.4 Å². The molecule has 0 atom stereocenters. The van der Waals surface area contributed by atoms with E-state index in [1.54, 1.807) is 72.8 Å². The van der Waals surface area contributed by atoms with Crippen LogP contribution in [0.25, 0.3) is 60.5 Å². The normalized spacial score (nSPS) is 11.8. The molecular weight excluding hydrogens is 937 g/mol. The van der Waals surface area contributed by atoms with Gasteiger partial charge in [-0.3, -0.25) is 14.4 Å². The first-order valence-electron chi connectivity index (χ1n) is 22.2. The minimum atomic E-state index is -0.718. The lowest BCUT2D eigenvalue weighted by atomic mass is 9.88. The quantitative estimate of drug-likeness (QED) is 0.0327. The number of fused-ring (bicyclic) bond motifs is 6. The first-order chi connectivity index (χ1) is 33.6. The van der Waals surface area contributed by atoms with Crippen LogP contribution < -0.4 is 16.3 Å². The highest BCUT2D eigenvalue weighted by Gasteiger charge is 2.30. The summed E-state index contributed by atoms with van der Waals surface area (Å²) in [7, 11) is 0. The lowest BCUT2D eigenvalue weighted by molar-refractivity contribution is -0.0837. The lowest BCUT2D eigenvalue weighted by Crippen LogP contribution is -2.38. The fraction of sp³-hybridized carbons (Fsp3) is 0.222. The Labute approximate surface area is 406 Å². The van der Waals surface area contributed by atoms with E-state index in [2.05, 4.69) is 0 Å². The number of esters is 3. The Morgan fingerprint density at radius 1 is 0.391 bits per heavy atom. The van der Waals surface area contributed by atoms with Crippen LogP contribution in [-0.4, -0.2) is 77.4 Å². The van der Waals surface area contributed by atoms with Crippen LogP contribution in [0.5, 0.6) is 0 Å². The molecule has 0 aliphatic carbocycles.